The first-order valence-corrected chi connectivity index (χ1v) is 12.1. The molecule has 1 amide bonds. The number of nitrogens with one attached hydrogen (secondary N) is 3. The number of rotatable bonds is 4. The summed E-state index contributed by atoms with van der Waals surface area (Å²) in [5, 5.41) is 11.2. The van der Waals surface area contributed by atoms with Gasteiger partial charge in [0, 0.05) is 28.9 Å². The predicted octanol–water partition coefficient (Wildman–Crippen LogP) is 6.18. The van der Waals surface area contributed by atoms with Crippen LogP contribution >= 0.6 is 11.3 Å². The van der Waals surface area contributed by atoms with Gasteiger partial charge in [-0.15, -0.1) is 11.3 Å². The number of hydrogen-bond donors (Lipinski definition) is 3. The molecule has 0 radical (unpaired) electrons. The zero-order valence-corrected chi connectivity index (χ0v) is 19.3. The third-order valence-corrected chi connectivity index (χ3v) is 7.72. The first-order valence-electron chi connectivity index (χ1n) is 11.3. The van der Waals surface area contributed by atoms with E-state index in [-0.39, 0.29) is 11.9 Å². The Morgan fingerprint density at radius 3 is 2.63 bits per heavy atom. The molecule has 3 N–H and O–H groups in total. The van der Waals surface area contributed by atoms with Crippen molar-refractivity contribution < 1.29 is 4.79 Å². The molecule has 0 saturated carbocycles. The number of aromatic nitrogens is 4. The van der Waals surface area contributed by atoms with Crippen LogP contribution in [0, 0.1) is 0 Å². The monoisotopic (exact) mass is 473 g/mol. The fourth-order valence-corrected chi connectivity index (χ4v) is 6.02. The smallest absolute Gasteiger partial charge is 0.252 e. The first kappa shape index (κ1) is 19.9. The molecule has 0 spiro atoms. The lowest BCUT2D eigenvalue weighted by Gasteiger charge is -2.17. The molecule has 4 aromatic heterocycles. The fraction of sp³-hybridized carbons (Fsp3) is 0.0357. The maximum atomic E-state index is 13.5. The number of carbonyl (C=O) groups is 1. The van der Waals surface area contributed by atoms with Gasteiger partial charge in [-0.05, 0) is 58.1 Å². The van der Waals surface area contributed by atoms with Gasteiger partial charge < -0.3 is 10.3 Å². The van der Waals surface area contributed by atoms with E-state index < -0.39 is 0 Å². The van der Waals surface area contributed by atoms with Crippen LogP contribution in [0.3, 0.4) is 0 Å². The molecule has 1 aliphatic rings. The molecule has 1 atom stereocenters. The fourth-order valence-electron chi connectivity index (χ4n) is 5.00. The summed E-state index contributed by atoms with van der Waals surface area (Å²) in [7, 11) is 0. The summed E-state index contributed by atoms with van der Waals surface area (Å²) in [6.45, 7) is 0. The number of pyridine rings is 1. The van der Waals surface area contributed by atoms with Crippen LogP contribution in [0.2, 0.25) is 0 Å². The average molecular weight is 474 g/mol. The van der Waals surface area contributed by atoms with Gasteiger partial charge in [-0.3, -0.25) is 9.89 Å². The summed E-state index contributed by atoms with van der Waals surface area (Å²) in [5.41, 5.74) is 8.03. The summed E-state index contributed by atoms with van der Waals surface area (Å²) < 4.78 is 0. The normalized spacial score (nSPS) is 14.1. The van der Waals surface area contributed by atoms with Crippen molar-refractivity contribution in [3.63, 3.8) is 0 Å². The summed E-state index contributed by atoms with van der Waals surface area (Å²) in [6, 6.07) is 24.4. The molecule has 6 aromatic rings. The van der Waals surface area contributed by atoms with Crippen LogP contribution in [-0.4, -0.2) is 26.1 Å². The number of aromatic amines is 2. The van der Waals surface area contributed by atoms with Gasteiger partial charge in [-0.2, -0.15) is 5.10 Å². The zero-order valence-electron chi connectivity index (χ0n) is 18.4. The summed E-state index contributed by atoms with van der Waals surface area (Å²) in [6.07, 6.45) is 5.23. The van der Waals surface area contributed by atoms with Crippen LogP contribution < -0.4 is 5.32 Å². The van der Waals surface area contributed by atoms with E-state index in [1.807, 2.05) is 18.2 Å². The van der Waals surface area contributed by atoms with Gasteiger partial charge in [0.2, 0.25) is 0 Å². The summed E-state index contributed by atoms with van der Waals surface area (Å²) in [5.74, 6) is -0.118. The van der Waals surface area contributed by atoms with E-state index in [0.29, 0.717) is 11.2 Å². The zero-order chi connectivity index (χ0) is 23.4. The van der Waals surface area contributed by atoms with Gasteiger partial charge in [0.25, 0.3) is 5.91 Å². The highest BCUT2D eigenvalue weighted by molar-refractivity contribution is 7.18. The topological polar surface area (TPSA) is 86.5 Å². The minimum atomic E-state index is -0.233. The number of hydrogen-bond acceptors (Lipinski definition) is 4. The lowest BCUT2D eigenvalue weighted by atomic mass is 9.98. The van der Waals surface area contributed by atoms with Crippen molar-refractivity contribution in [3.8, 4) is 32.1 Å². The third-order valence-electron chi connectivity index (χ3n) is 6.57. The molecule has 1 aliphatic carbocycles. The van der Waals surface area contributed by atoms with E-state index in [1.54, 1.807) is 36.0 Å². The van der Waals surface area contributed by atoms with Crippen LogP contribution in [0.15, 0.2) is 91.4 Å². The second-order valence-electron chi connectivity index (χ2n) is 8.50. The minimum absolute atomic E-state index is 0.118. The SMILES string of the molecule is O=C(NC1c2ccccc2-c2c(-c3ccc(-c4ccn[nH]4)s3)cccc21)c1ccnc2[nH]ccc12. The number of nitrogens with zero attached hydrogens (tertiary/aromatic N) is 2. The number of amides is 1. The first-order chi connectivity index (χ1) is 17.3. The van der Waals surface area contributed by atoms with Gasteiger partial charge in [0.05, 0.1) is 22.2 Å². The lowest BCUT2D eigenvalue weighted by Crippen LogP contribution is -2.28. The molecular weight excluding hydrogens is 454 g/mol. The Balaban J connectivity index is 1.32. The number of thiophene rings is 1. The van der Waals surface area contributed by atoms with Crippen molar-refractivity contribution in [2.75, 3.05) is 0 Å². The van der Waals surface area contributed by atoms with Crippen molar-refractivity contribution in [2.45, 2.75) is 6.04 Å². The Kier molecular flexibility index (Phi) is 4.43. The van der Waals surface area contributed by atoms with Crippen LogP contribution in [-0.2, 0) is 0 Å². The molecule has 35 heavy (non-hydrogen) atoms. The van der Waals surface area contributed by atoms with Gasteiger partial charge in [-0.1, -0.05) is 42.5 Å². The molecule has 7 rings (SSSR count). The van der Waals surface area contributed by atoms with E-state index in [9.17, 15) is 4.79 Å². The Morgan fingerprint density at radius 1 is 0.857 bits per heavy atom. The molecule has 0 bridgehead atoms. The number of carbonyl (C=O) groups excluding carboxylic acids is 1. The van der Waals surface area contributed by atoms with Gasteiger partial charge >= 0.3 is 0 Å². The van der Waals surface area contributed by atoms with Gasteiger partial charge in [0.1, 0.15) is 5.65 Å². The highest BCUT2D eigenvalue weighted by atomic mass is 32.1. The Morgan fingerprint density at radius 2 is 1.71 bits per heavy atom. The minimum Gasteiger partial charge on any atom is -0.346 e. The van der Waals surface area contributed by atoms with Gasteiger partial charge in [0.15, 0.2) is 0 Å². The Hall–Kier alpha value is -4.49. The van der Waals surface area contributed by atoms with E-state index in [2.05, 4.69) is 74.0 Å². The lowest BCUT2D eigenvalue weighted by molar-refractivity contribution is 0.0945. The number of benzene rings is 2. The van der Waals surface area contributed by atoms with E-state index >= 15 is 0 Å². The van der Waals surface area contributed by atoms with Crippen LogP contribution in [0.4, 0.5) is 0 Å². The average Bonchev–Trinajstić information content (AvgIpc) is 3.70. The molecule has 7 heteroatoms. The second kappa shape index (κ2) is 7.78. The summed E-state index contributed by atoms with van der Waals surface area (Å²) in [4.78, 5) is 23.2. The van der Waals surface area contributed by atoms with Crippen LogP contribution in [0.5, 0.6) is 0 Å². The second-order valence-corrected chi connectivity index (χ2v) is 9.58. The largest absolute Gasteiger partial charge is 0.346 e. The van der Waals surface area contributed by atoms with Crippen molar-refractivity contribution in [2.24, 2.45) is 0 Å². The quantitative estimate of drug-likeness (QED) is 0.286. The number of fused-ring (bicyclic) bond motifs is 4. The maximum Gasteiger partial charge on any atom is 0.252 e. The highest BCUT2D eigenvalue weighted by Gasteiger charge is 2.32. The van der Waals surface area contributed by atoms with Crippen LogP contribution in [0.1, 0.15) is 27.5 Å². The van der Waals surface area contributed by atoms with E-state index in [1.165, 1.54) is 16.0 Å². The van der Waals surface area contributed by atoms with E-state index in [0.717, 1.165) is 32.6 Å². The maximum absolute atomic E-state index is 13.5. The molecule has 168 valence electrons. The van der Waals surface area contributed by atoms with Crippen molar-refractivity contribution in [3.05, 3.63) is 108 Å². The molecule has 0 fully saturated rings. The molecular formula is C28H19N5OS. The van der Waals surface area contributed by atoms with Crippen molar-refractivity contribution >= 4 is 28.3 Å². The standard InChI is InChI=1S/C28H19N5OS/c34-28(19-11-14-30-27-18(19)10-13-29-27)32-26-17-5-2-1-4-16(17)25-20(6-3-7-21(25)26)23-8-9-24(35-23)22-12-15-31-33-22/h1-15,26H,(H,29,30)(H,31,33)(H,32,34). The molecule has 4 heterocycles. The van der Waals surface area contributed by atoms with E-state index in [4.69, 9.17) is 0 Å². The van der Waals surface area contributed by atoms with Crippen molar-refractivity contribution in [1.29, 1.82) is 0 Å². The molecule has 0 saturated heterocycles. The summed E-state index contributed by atoms with van der Waals surface area (Å²) >= 11 is 1.73. The van der Waals surface area contributed by atoms with Gasteiger partial charge in [-0.25, -0.2) is 4.98 Å². The Labute approximate surface area is 204 Å². The van der Waals surface area contributed by atoms with Crippen molar-refractivity contribution in [1.82, 2.24) is 25.5 Å². The Bertz CT molecular complexity index is 1710. The molecule has 2 aromatic carbocycles. The molecule has 6 nitrogen and oxygen atoms in total. The number of H-pyrrole nitrogens is 2. The van der Waals surface area contributed by atoms with Crippen LogP contribution in [0.25, 0.3) is 43.2 Å². The molecule has 0 aliphatic heterocycles. The molecule has 1 unspecified atom stereocenters. The predicted molar refractivity (Wildman–Crippen MR) is 138 cm³/mol. The highest BCUT2D eigenvalue weighted by Crippen LogP contribution is 2.49. The third kappa shape index (κ3) is 3.13.